The molecule has 0 radical (unpaired) electrons. The van der Waals surface area contributed by atoms with Gasteiger partial charge in [0.1, 0.15) is 11.6 Å². The Morgan fingerprint density at radius 2 is 2.13 bits per heavy atom. The molecule has 0 aromatic heterocycles. The van der Waals surface area contributed by atoms with Gasteiger partial charge in [-0.1, -0.05) is 6.07 Å². The molecule has 4 rings (SSSR count). The van der Waals surface area contributed by atoms with E-state index in [1.165, 1.54) is 25.0 Å². The molecule has 2 aliphatic heterocycles. The van der Waals surface area contributed by atoms with Gasteiger partial charge < -0.3 is 9.47 Å². The van der Waals surface area contributed by atoms with Crippen molar-refractivity contribution in [3.63, 3.8) is 0 Å². The molecule has 0 bridgehead atoms. The molecule has 1 aliphatic carbocycles. The van der Waals surface area contributed by atoms with Crippen molar-refractivity contribution in [2.75, 3.05) is 40.0 Å². The van der Waals surface area contributed by atoms with Crippen LogP contribution in [0.25, 0.3) is 0 Å². The standard InChI is InChI=1S/C18H25FN2O2/c1-22-18-8-15(19)5-4-14(18)9-20-6-7-21-16(10-20)11-23-12-17(21)13-2-3-13/h4-5,8,13,16-17H,2-3,6-7,9-12H2,1H3/t16-,17-/m1/s1. The third-order valence-electron chi connectivity index (χ3n) is 5.45. The Morgan fingerprint density at radius 1 is 1.26 bits per heavy atom. The van der Waals surface area contributed by atoms with E-state index in [9.17, 15) is 4.39 Å². The number of benzene rings is 1. The first kappa shape index (κ1) is 15.4. The Hall–Kier alpha value is -1.17. The zero-order valence-electron chi connectivity index (χ0n) is 13.7. The van der Waals surface area contributed by atoms with Crippen LogP contribution in [0.4, 0.5) is 4.39 Å². The number of hydrogen-bond acceptors (Lipinski definition) is 4. The van der Waals surface area contributed by atoms with E-state index >= 15 is 0 Å². The van der Waals surface area contributed by atoms with Crippen LogP contribution in [0.15, 0.2) is 18.2 Å². The van der Waals surface area contributed by atoms with Gasteiger partial charge in [0.25, 0.3) is 0 Å². The third-order valence-corrected chi connectivity index (χ3v) is 5.45. The molecule has 23 heavy (non-hydrogen) atoms. The second-order valence-corrected chi connectivity index (χ2v) is 7.03. The van der Waals surface area contributed by atoms with E-state index in [0.717, 1.165) is 50.9 Å². The predicted octanol–water partition coefficient (Wildman–Crippen LogP) is 2.13. The van der Waals surface area contributed by atoms with Gasteiger partial charge in [-0.15, -0.1) is 0 Å². The van der Waals surface area contributed by atoms with Gasteiger partial charge in [-0.25, -0.2) is 4.39 Å². The lowest BCUT2D eigenvalue weighted by molar-refractivity contribution is -0.0880. The van der Waals surface area contributed by atoms with E-state index < -0.39 is 0 Å². The highest BCUT2D eigenvalue weighted by Gasteiger charge is 2.42. The first-order valence-electron chi connectivity index (χ1n) is 8.63. The fourth-order valence-electron chi connectivity index (χ4n) is 4.06. The molecule has 126 valence electrons. The van der Waals surface area contributed by atoms with E-state index in [4.69, 9.17) is 9.47 Å². The number of rotatable bonds is 4. The number of piperazine rings is 1. The molecule has 3 fully saturated rings. The molecule has 1 aromatic carbocycles. The topological polar surface area (TPSA) is 24.9 Å². The molecule has 3 aliphatic rings. The quantitative estimate of drug-likeness (QED) is 0.848. The summed E-state index contributed by atoms with van der Waals surface area (Å²) in [5, 5.41) is 0. The Kier molecular flexibility index (Phi) is 4.26. The zero-order chi connectivity index (χ0) is 15.8. The molecule has 2 heterocycles. The van der Waals surface area contributed by atoms with Crippen LogP contribution < -0.4 is 4.74 Å². The fraction of sp³-hybridized carbons (Fsp3) is 0.667. The number of nitrogens with zero attached hydrogens (tertiary/aromatic N) is 2. The largest absolute Gasteiger partial charge is 0.496 e. The van der Waals surface area contributed by atoms with Crippen molar-refractivity contribution in [2.45, 2.75) is 31.5 Å². The highest BCUT2D eigenvalue weighted by Crippen LogP contribution is 2.38. The van der Waals surface area contributed by atoms with E-state index in [0.29, 0.717) is 17.8 Å². The molecule has 0 amide bonds. The average molecular weight is 320 g/mol. The van der Waals surface area contributed by atoms with Gasteiger partial charge >= 0.3 is 0 Å². The van der Waals surface area contributed by atoms with Crippen LogP contribution in [0, 0.1) is 11.7 Å². The van der Waals surface area contributed by atoms with E-state index in [-0.39, 0.29) is 5.82 Å². The highest BCUT2D eigenvalue weighted by atomic mass is 19.1. The predicted molar refractivity (Wildman–Crippen MR) is 86.1 cm³/mol. The SMILES string of the molecule is COc1cc(F)ccc1CN1CCN2[C@@H](COC[C@@H]2C2CC2)C1. The van der Waals surface area contributed by atoms with Crippen LogP contribution in [0.5, 0.6) is 5.75 Å². The molecular formula is C18H25FN2O2. The lowest BCUT2D eigenvalue weighted by Crippen LogP contribution is -2.62. The minimum absolute atomic E-state index is 0.247. The highest BCUT2D eigenvalue weighted by molar-refractivity contribution is 5.34. The first-order valence-corrected chi connectivity index (χ1v) is 8.63. The molecule has 2 atom stereocenters. The van der Waals surface area contributed by atoms with Crippen molar-refractivity contribution in [1.29, 1.82) is 0 Å². The van der Waals surface area contributed by atoms with Crippen LogP contribution >= 0.6 is 0 Å². The van der Waals surface area contributed by atoms with Crippen molar-refractivity contribution in [3.05, 3.63) is 29.6 Å². The Bertz CT molecular complexity index is 564. The molecule has 0 spiro atoms. The van der Waals surface area contributed by atoms with E-state index in [2.05, 4.69) is 9.80 Å². The van der Waals surface area contributed by atoms with Crippen LogP contribution in [0.2, 0.25) is 0 Å². The summed E-state index contributed by atoms with van der Waals surface area (Å²) in [6.07, 6.45) is 2.74. The van der Waals surface area contributed by atoms with Gasteiger partial charge in [0.05, 0.1) is 20.3 Å². The van der Waals surface area contributed by atoms with Crippen molar-refractivity contribution in [2.24, 2.45) is 5.92 Å². The minimum atomic E-state index is -0.247. The summed E-state index contributed by atoms with van der Waals surface area (Å²) in [5.41, 5.74) is 1.05. The third kappa shape index (κ3) is 3.23. The van der Waals surface area contributed by atoms with Crippen LogP contribution in [0.3, 0.4) is 0 Å². The molecule has 0 unspecified atom stereocenters. The molecule has 5 heteroatoms. The summed E-state index contributed by atoms with van der Waals surface area (Å²) in [6, 6.07) is 5.95. The van der Waals surface area contributed by atoms with Gasteiger partial charge in [0, 0.05) is 49.9 Å². The van der Waals surface area contributed by atoms with Gasteiger partial charge in [-0.05, 0) is 24.8 Å². The number of methoxy groups -OCH3 is 1. The minimum Gasteiger partial charge on any atom is -0.496 e. The Labute approximate surface area is 137 Å². The molecule has 1 saturated carbocycles. The lowest BCUT2D eigenvalue weighted by Gasteiger charge is -2.48. The fourth-order valence-corrected chi connectivity index (χ4v) is 4.06. The van der Waals surface area contributed by atoms with Gasteiger partial charge in [-0.2, -0.15) is 0 Å². The van der Waals surface area contributed by atoms with Gasteiger partial charge in [-0.3, -0.25) is 9.80 Å². The monoisotopic (exact) mass is 320 g/mol. The summed E-state index contributed by atoms with van der Waals surface area (Å²) in [6.45, 7) is 5.73. The van der Waals surface area contributed by atoms with Crippen molar-refractivity contribution in [1.82, 2.24) is 9.80 Å². The normalized spacial score (nSPS) is 29.3. The maximum Gasteiger partial charge on any atom is 0.126 e. The summed E-state index contributed by atoms with van der Waals surface area (Å²) < 4.78 is 24.5. The maximum atomic E-state index is 13.3. The zero-order valence-corrected chi connectivity index (χ0v) is 13.7. The number of morpholine rings is 1. The average Bonchev–Trinajstić information content (AvgIpc) is 3.40. The summed E-state index contributed by atoms with van der Waals surface area (Å²) >= 11 is 0. The second kappa shape index (κ2) is 6.38. The summed E-state index contributed by atoms with van der Waals surface area (Å²) in [5.74, 6) is 1.26. The van der Waals surface area contributed by atoms with Gasteiger partial charge in [0.2, 0.25) is 0 Å². The van der Waals surface area contributed by atoms with E-state index in [1.54, 1.807) is 7.11 Å². The van der Waals surface area contributed by atoms with Crippen LogP contribution in [0.1, 0.15) is 18.4 Å². The number of fused-ring (bicyclic) bond motifs is 1. The molecule has 1 aromatic rings. The molecular weight excluding hydrogens is 295 g/mol. The molecule has 2 saturated heterocycles. The van der Waals surface area contributed by atoms with Crippen molar-refractivity contribution < 1.29 is 13.9 Å². The van der Waals surface area contributed by atoms with Gasteiger partial charge in [0.15, 0.2) is 0 Å². The number of hydrogen-bond donors (Lipinski definition) is 0. The summed E-state index contributed by atoms with van der Waals surface area (Å²) in [7, 11) is 1.60. The molecule has 0 N–H and O–H groups in total. The molecule has 4 nitrogen and oxygen atoms in total. The smallest absolute Gasteiger partial charge is 0.126 e. The first-order chi connectivity index (χ1) is 11.2. The van der Waals surface area contributed by atoms with Crippen molar-refractivity contribution in [3.8, 4) is 5.75 Å². The second-order valence-electron chi connectivity index (χ2n) is 7.03. The summed E-state index contributed by atoms with van der Waals surface area (Å²) in [4.78, 5) is 5.12. The Balaban J connectivity index is 1.42. The number of ether oxygens (including phenoxy) is 2. The maximum absolute atomic E-state index is 13.3. The Morgan fingerprint density at radius 3 is 2.91 bits per heavy atom. The van der Waals surface area contributed by atoms with Crippen molar-refractivity contribution >= 4 is 0 Å². The lowest BCUT2D eigenvalue weighted by atomic mass is 10.0. The van der Waals surface area contributed by atoms with Crippen LogP contribution in [-0.2, 0) is 11.3 Å². The van der Waals surface area contributed by atoms with Crippen LogP contribution in [-0.4, -0.2) is 61.8 Å². The number of halogens is 1. The van der Waals surface area contributed by atoms with E-state index in [1.807, 2.05) is 6.07 Å².